The Kier molecular flexibility index (Phi) is 5.50. The zero-order valence-corrected chi connectivity index (χ0v) is 16.3. The molecule has 9 heteroatoms. The van der Waals surface area contributed by atoms with Gasteiger partial charge in [-0.15, -0.1) is 0 Å². The zero-order chi connectivity index (χ0) is 18.9. The molecule has 1 amide bonds. The highest BCUT2D eigenvalue weighted by Crippen LogP contribution is 2.25. The van der Waals surface area contributed by atoms with Gasteiger partial charge in [0.05, 0.1) is 6.54 Å². The monoisotopic (exact) mass is 382 g/mol. The summed E-state index contributed by atoms with van der Waals surface area (Å²) in [6, 6.07) is 5.67. The number of nitrogens with zero attached hydrogens (tertiary/aromatic N) is 4. The first-order valence-electron chi connectivity index (χ1n) is 8.89. The molecule has 1 aromatic rings. The molecule has 3 rings (SSSR count). The summed E-state index contributed by atoms with van der Waals surface area (Å²) in [5, 5.41) is 0. The maximum atomic E-state index is 12.2. The van der Waals surface area contributed by atoms with Gasteiger partial charge in [0.2, 0.25) is 0 Å². The predicted octanol–water partition coefficient (Wildman–Crippen LogP) is 1.49. The molecule has 2 saturated heterocycles. The quantitative estimate of drug-likeness (QED) is 0.770. The van der Waals surface area contributed by atoms with Crippen molar-refractivity contribution in [3.05, 3.63) is 23.9 Å². The number of rotatable bonds is 5. The van der Waals surface area contributed by atoms with Crippen molar-refractivity contribution in [1.82, 2.24) is 13.6 Å². The van der Waals surface area contributed by atoms with Gasteiger partial charge in [0.15, 0.2) is 0 Å². The van der Waals surface area contributed by atoms with Crippen molar-refractivity contribution in [3.8, 4) is 0 Å². The molecule has 0 radical (unpaired) electrons. The second kappa shape index (κ2) is 7.50. The number of hydrogen-bond donors (Lipinski definition) is 0. The van der Waals surface area contributed by atoms with E-state index in [1.807, 2.05) is 25.1 Å². The van der Waals surface area contributed by atoms with Crippen LogP contribution in [-0.4, -0.2) is 67.9 Å². The minimum Gasteiger partial charge on any atom is -0.444 e. The molecule has 0 N–H and O–H groups in total. The van der Waals surface area contributed by atoms with Gasteiger partial charge < -0.3 is 4.74 Å². The van der Waals surface area contributed by atoms with Gasteiger partial charge >= 0.3 is 6.09 Å². The molecule has 8 nitrogen and oxygen atoms in total. The number of ether oxygens (including phenoxy) is 1. The Bertz CT molecular complexity index is 760. The molecule has 3 heterocycles. The van der Waals surface area contributed by atoms with E-state index in [1.165, 1.54) is 8.61 Å². The van der Waals surface area contributed by atoms with Crippen LogP contribution in [0.4, 0.5) is 10.6 Å². The van der Waals surface area contributed by atoms with Gasteiger partial charge in [0, 0.05) is 32.9 Å². The largest absolute Gasteiger partial charge is 0.444 e. The van der Waals surface area contributed by atoms with Gasteiger partial charge in [-0.3, -0.25) is 4.90 Å². The standard InChI is InChI=1S/C17H26N4O4S/c1-13-12-21(17(22)25-13)16-6-4-5-15(18-16)11-14-7-9-20(10-8-14)26(23,24)19(2)3/h4-6,13-14H,7-12H2,1-3H3/t13-/m0/s1. The van der Waals surface area contributed by atoms with E-state index in [1.54, 1.807) is 19.0 Å². The number of carbonyl (C=O) groups is 1. The fraction of sp³-hybridized carbons (Fsp3) is 0.647. The average molecular weight is 382 g/mol. The smallest absolute Gasteiger partial charge is 0.415 e. The van der Waals surface area contributed by atoms with Crippen LogP contribution >= 0.6 is 0 Å². The molecule has 0 bridgehead atoms. The van der Waals surface area contributed by atoms with E-state index in [4.69, 9.17) is 4.74 Å². The first kappa shape index (κ1) is 19.1. The molecule has 0 spiro atoms. The Morgan fingerprint density at radius 2 is 1.96 bits per heavy atom. The molecule has 2 aliphatic heterocycles. The number of anilines is 1. The topological polar surface area (TPSA) is 83.1 Å². The lowest BCUT2D eigenvalue weighted by Gasteiger charge is -2.32. The molecule has 26 heavy (non-hydrogen) atoms. The van der Waals surface area contributed by atoms with Gasteiger partial charge in [-0.25, -0.2) is 9.78 Å². The number of hydrogen-bond acceptors (Lipinski definition) is 5. The summed E-state index contributed by atoms with van der Waals surface area (Å²) < 4.78 is 32.3. The lowest BCUT2D eigenvalue weighted by molar-refractivity contribution is 0.150. The van der Waals surface area contributed by atoms with E-state index in [0.29, 0.717) is 31.4 Å². The summed E-state index contributed by atoms with van der Waals surface area (Å²) in [7, 11) is -0.219. The Balaban J connectivity index is 1.61. The maximum absolute atomic E-state index is 12.2. The van der Waals surface area contributed by atoms with Gasteiger partial charge in [0.25, 0.3) is 10.2 Å². The van der Waals surface area contributed by atoms with E-state index in [0.717, 1.165) is 25.0 Å². The van der Waals surface area contributed by atoms with E-state index in [9.17, 15) is 13.2 Å². The summed E-state index contributed by atoms with van der Waals surface area (Å²) >= 11 is 0. The molecule has 144 valence electrons. The molecule has 0 aromatic carbocycles. The number of cyclic esters (lactones) is 1. The van der Waals surface area contributed by atoms with Crippen LogP contribution in [0.1, 0.15) is 25.5 Å². The number of carbonyl (C=O) groups excluding carboxylic acids is 1. The predicted molar refractivity (Wildman–Crippen MR) is 98.1 cm³/mol. The van der Waals surface area contributed by atoms with Crippen molar-refractivity contribution < 1.29 is 17.9 Å². The molecule has 2 aliphatic rings. The minimum absolute atomic E-state index is 0.129. The molecule has 1 atom stereocenters. The first-order chi connectivity index (χ1) is 12.3. The van der Waals surface area contributed by atoms with Crippen LogP contribution in [0.3, 0.4) is 0 Å². The second-order valence-corrected chi connectivity index (χ2v) is 9.27. The van der Waals surface area contributed by atoms with Crippen molar-refractivity contribution in [1.29, 1.82) is 0 Å². The van der Waals surface area contributed by atoms with Crippen LogP contribution in [0.5, 0.6) is 0 Å². The van der Waals surface area contributed by atoms with E-state index in [2.05, 4.69) is 4.98 Å². The van der Waals surface area contributed by atoms with E-state index < -0.39 is 10.2 Å². The highest BCUT2D eigenvalue weighted by atomic mass is 32.2. The molecule has 0 aliphatic carbocycles. The Morgan fingerprint density at radius 3 is 2.54 bits per heavy atom. The van der Waals surface area contributed by atoms with Gasteiger partial charge in [-0.05, 0) is 44.2 Å². The third-order valence-electron chi connectivity index (χ3n) is 4.89. The Labute approximate surface area is 154 Å². The van der Waals surface area contributed by atoms with E-state index >= 15 is 0 Å². The zero-order valence-electron chi connectivity index (χ0n) is 15.5. The van der Waals surface area contributed by atoms with Crippen LogP contribution in [0.25, 0.3) is 0 Å². The second-order valence-electron chi connectivity index (χ2n) is 7.13. The molecule has 0 unspecified atom stereocenters. The van der Waals surface area contributed by atoms with Crippen LogP contribution in [0.15, 0.2) is 18.2 Å². The minimum atomic E-state index is -3.33. The van der Waals surface area contributed by atoms with Crippen molar-refractivity contribution in [2.75, 3.05) is 38.6 Å². The highest BCUT2D eigenvalue weighted by molar-refractivity contribution is 7.86. The van der Waals surface area contributed by atoms with Crippen LogP contribution in [0.2, 0.25) is 0 Å². The fourth-order valence-electron chi connectivity index (χ4n) is 3.39. The third kappa shape index (κ3) is 3.99. The summed E-state index contributed by atoms with van der Waals surface area (Å²) in [5.74, 6) is 1.00. The fourth-order valence-corrected chi connectivity index (χ4v) is 4.53. The number of pyridine rings is 1. The number of aromatic nitrogens is 1. The SMILES string of the molecule is C[C@H]1CN(c2cccc(CC3CCN(S(=O)(=O)N(C)C)CC3)n2)C(=O)O1. The normalized spacial score (nSPS) is 22.8. The van der Waals surface area contributed by atoms with Gasteiger partial charge in [0.1, 0.15) is 11.9 Å². The van der Waals surface area contributed by atoms with Crippen molar-refractivity contribution in [3.63, 3.8) is 0 Å². The van der Waals surface area contributed by atoms with Crippen LogP contribution in [0, 0.1) is 5.92 Å². The molecule has 2 fully saturated rings. The summed E-state index contributed by atoms with van der Waals surface area (Å²) in [5.41, 5.74) is 0.920. The number of piperidine rings is 1. The summed E-state index contributed by atoms with van der Waals surface area (Å²) in [6.07, 6.45) is 1.91. The lowest BCUT2D eigenvalue weighted by Crippen LogP contribution is -2.44. The molecular weight excluding hydrogens is 356 g/mol. The van der Waals surface area contributed by atoms with Crippen LogP contribution in [-0.2, 0) is 21.4 Å². The summed E-state index contributed by atoms with van der Waals surface area (Å²) in [6.45, 7) is 3.43. The molecule has 1 aromatic heterocycles. The van der Waals surface area contributed by atoms with Gasteiger partial charge in [-0.2, -0.15) is 17.0 Å². The summed E-state index contributed by atoms with van der Waals surface area (Å²) in [4.78, 5) is 18.0. The Morgan fingerprint density at radius 1 is 1.27 bits per heavy atom. The third-order valence-corrected chi connectivity index (χ3v) is 6.83. The number of amides is 1. The van der Waals surface area contributed by atoms with Gasteiger partial charge in [-0.1, -0.05) is 6.07 Å². The van der Waals surface area contributed by atoms with Crippen LogP contribution < -0.4 is 4.90 Å². The lowest BCUT2D eigenvalue weighted by atomic mass is 9.93. The van der Waals surface area contributed by atoms with Crippen molar-refractivity contribution >= 4 is 22.1 Å². The Hall–Kier alpha value is -1.71. The average Bonchev–Trinajstić information content (AvgIpc) is 2.94. The first-order valence-corrected chi connectivity index (χ1v) is 10.3. The van der Waals surface area contributed by atoms with Crippen molar-refractivity contribution in [2.45, 2.75) is 32.3 Å². The molecular formula is C17H26N4O4S. The molecule has 0 saturated carbocycles. The maximum Gasteiger partial charge on any atom is 0.415 e. The highest BCUT2D eigenvalue weighted by Gasteiger charge is 2.31. The van der Waals surface area contributed by atoms with E-state index in [-0.39, 0.29) is 12.2 Å². The van der Waals surface area contributed by atoms with Crippen molar-refractivity contribution in [2.24, 2.45) is 5.92 Å².